The molecule has 6 nitrogen and oxygen atoms in total. The normalized spacial score (nSPS) is 20.1. The first-order chi connectivity index (χ1) is 19.0. The van der Waals surface area contributed by atoms with Gasteiger partial charge >= 0.3 is 0 Å². The van der Waals surface area contributed by atoms with Crippen molar-refractivity contribution in [3.05, 3.63) is 130 Å². The van der Waals surface area contributed by atoms with Crippen molar-refractivity contribution in [1.82, 2.24) is 4.90 Å². The molecule has 2 heterocycles. The van der Waals surface area contributed by atoms with E-state index < -0.39 is 11.6 Å². The summed E-state index contributed by atoms with van der Waals surface area (Å²) in [6.45, 7) is 0.514. The highest BCUT2D eigenvalue weighted by Crippen LogP contribution is 2.53. The Kier molecular flexibility index (Phi) is 6.59. The van der Waals surface area contributed by atoms with Crippen LogP contribution in [0.4, 0.5) is 5.69 Å². The molecule has 196 valence electrons. The van der Waals surface area contributed by atoms with E-state index in [4.69, 9.17) is 21.1 Å². The van der Waals surface area contributed by atoms with Crippen LogP contribution >= 0.6 is 11.6 Å². The Balaban J connectivity index is 1.48. The van der Waals surface area contributed by atoms with Gasteiger partial charge in [-0.3, -0.25) is 9.59 Å². The number of hydrogen-bond acceptors (Lipinski definition) is 4. The molecule has 2 aliphatic heterocycles. The zero-order chi connectivity index (χ0) is 27.0. The minimum atomic E-state index is -1.02. The Morgan fingerprint density at radius 1 is 0.872 bits per heavy atom. The van der Waals surface area contributed by atoms with Crippen LogP contribution < -0.4 is 9.64 Å². The number of carbonyl (C=O) groups excluding carboxylic acids is 2. The van der Waals surface area contributed by atoms with Crippen molar-refractivity contribution in [3.63, 3.8) is 0 Å². The summed E-state index contributed by atoms with van der Waals surface area (Å²) >= 11 is 6.59. The van der Waals surface area contributed by atoms with Crippen LogP contribution in [0.3, 0.4) is 0 Å². The summed E-state index contributed by atoms with van der Waals surface area (Å²) in [5.74, 6) is 0.340. The van der Waals surface area contributed by atoms with Crippen molar-refractivity contribution < 1.29 is 19.1 Å². The van der Waals surface area contributed by atoms with Crippen molar-refractivity contribution in [2.75, 3.05) is 18.6 Å². The molecule has 2 aliphatic rings. The number of benzene rings is 4. The van der Waals surface area contributed by atoms with Crippen LogP contribution in [0.25, 0.3) is 0 Å². The van der Waals surface area contributed by atoms with E-state index in [9.17, 15) is 9.59 Å². The van der Waals surface area contributed by atoms with Crippen molar-refractivity contribution in [2.45, 2.75) is 24.8 Å². The fourth-order valence-corrected chi connectivity index (χ4v) is 5.82. The predicted octanol–water partition coefficient (Wildman–Crippen LogP) is 5.57. The minimum Gasteiger partial charge on any atom is -0.497 e. The SMILES string of the molecule is COc1ccc(CN2C(=O)CN3C(=O)[C@@H](OCc4ccccc4)[C@]3(c3ccccc3)c3cc(Cl)ccc32)cc1. The number of methoxy groups -OCH3 is 1. The van der Waals surface area contributed by atoms with E-state index in [0.29, 0.717) is 17.3 Å². The van der Waals surface area contributed by atoms with E-state index in [1.165, 1.54) is 0 Å². The number of carbonyl (C=O) groups is 2. The van der Waals surface area contributed by atoms with E-state index in [-0.39, 0.29) is 25.0 Å². The lowest BCUT2D eigenvalue weighted by atomic mass is 9.69. The zero-order valence-electron chi connectivity index (χ0n) is 21.4. The van der Waals surface area contributed by atoms with Crippen LogP contribution in [0, 0.1) is 0 Å². The molecule has 0 radical (unpaired) electrons. The van der Waals surface area contributed by atoms with Gasteiger partial charge in [0.15, 0.2) is 6.10 Å². The van der Waals surface area contributed by atoms with Gasteiger partial charge in [0.25, 0.3) is 5.91 Å². The molecule has 6 rings (SSSR count). The highest BCUT2D eigenvalue weighted by atomic mass is 35.5. The lowest BCUT2D eigenvalue weighted by molar-refractivity contribution is -0.192. The summed E-state index contributed by atoms with van der Waals surface area (Å²) < 4.78 is 11.7. The van der Waals surface area contributed by atoms with Crippen molar-refractivity contribution in [2.24, 2.45) is 0 Å². The molecule has 4 aromatic rings. The van der Waals surface area contributed by atoms with Crippen molar-refractivity contribution in [1.29, 1.82) is 0 Å². The summed E-state index contributed by atoms with van der Waals surface area (Å²) in [6, 6.07) is 32.6. The molecule has 2 amide bonds. The predicted molar refractivity (Wildman–Crippen MR) is 150 cm³/mol. The zero-order valence-corrected chi connectivity index (χ0v) is 22.2. The smallest absolute Gasteiger partial charge is 0.256 e. The molecule has 0 spiro atoms. The summed E-state index contributed by atoms with van der Waals surface area (Å²) in [6.07, 6.45) is -0.828. The molecule has 7 heteroatoms. The Morgan fingerprint density at radius 3 is 2.26 bits per heavy atom. The third-order valence-corrected chi connectivity index (χ3v) is 7.76. The number of hydrogen-bond donors (Lipinski definition) is 0. The monoisotopic (exact) mass is 538 g/mol. The average Bonchev–Trinajstić information content (AvgIpc) is 3.06. The third kappa shape index (κ3) is 4.26. The number of fused-ring (bicyclic) bond motifs is 3. The van der Waals surface area contributed by atoms with Gasteiger partial charge in [0.05, 0.1) is 25.9 Å². The Labute approximate surface area is 232 Å². The number of β-lactam (4-membered cyclic amide) rings is 1. The number of amides is 2. The van der Waals surface area contributed by atoms with Gasteiger partial charge in [0.1, 0.15) is 17.8 Å². The second kappa shape index (κ2) is 10.2. The maximum atomic E-state index is 13.8. The second-order valence-electron chi connectivity index (χ2n) is 9.72. The topological polar surface area (TPSA) is 59.1 Å². The van der Waals surface area contributed by atoms with E-state index in [1.807, 2.05) is 97.1 Å². The quantitative estimate of drug-likeness (QED) is 0.289. The Bertz CT molecular complexity index is 1510. The minimum absolute atomic E-state index is 0.0820. The summed E-state index contributed by atoms with van der Waals surface area (Å²) in [5.41, 5.74) is 3.21. The van der Waals surface area contributed by atoms with Crippen LogP contribution in [0.1, 0.15) is 22.3 Å². The number of halogens is 1. The highest BCUT2D eigenvalue weighted by molar-refractivity contribution is 6.30. The van der Waals surface area contributed by atoms with Crippen LogP contribution in [0.5, 0.6) is 5.75 Å². The van der Waals surface area contributed by atoms with Gasteiger partial charge in [0, 0.05) is 10.6 Å². The molecule has 0 unspecified atom stereocenters. The molecule has 0 aliphatic carbocycles. The molecule has 39 heavy (non-hydrogen) atoms. The van der Waals surface area contributed by atoms with Crippen LogP contribution in [-0.2, 0) is 33.0 Å². The maximum absolute atomic E-state index is 13.8. The third-order valence-electron chi connectivity index (χ3n) is 7.52. The van der Waals surface area contributed by atoms with Crippen molar-refractivity contribution >= 4 is 29.1 Å². The van der Waals surface area contributed by atoms with E-state index >= 15 is 0 Å². The highest BCUT2D eigenvalue weighted by Gasteiger charge is 2.65. The fourth-order valence-electron chi connectivity index (χ4n) is 5.65. The number of anilines is 1. The molecular weight excluding hydrogens is 512 g/mol. The van der Waals surface area contributed by atoms with Gasteiger partial charge in [-0.15, -0.1) is 0 Å². The summed E-state index contributed by atoms with van der Waals surface area (Å²) in [7, 11) is 1.62. The lowest BCUT2D eigenvalue weighted by Crippen LogP contribution is -2.73. The van der Waals surface area contributed by atoms with Crippen LogP contribution in [0.2, 0.25) is 5.02 Å². The first kappa shape index (κ1) is 25.2. The average molecular weight is 539 g/mol. The summed E-state index contributed by atoms with van der Waals surface area (Å²) in [5, 5.41) is 0.518. The first-order valence-corrected chi connectivity index (χ1v) is 13.2. The molecule has 0 saturated carbocycles. The van der Waals surface area contributed by atoms with E-state index in [2.05, 4.69) is 0 Å². The maximum Gasteiger partial charge on any atom is 0.256 e. The molecule has 0 aromatic heterocycles. The van der Waals surface area contributed by atoms with Gasteiger partial charge < -0.3 is 19.3 Å². The molecular formula is C32H27ClN2O4. The fraction of sp³-hybridized carbons (Fsp3) is 0.188. The molecule has 1 saturated heterocycles. The van der Waals surface area contributed by atoms with Gasteiger partial charge in [-0.05, 0) is 47.0 Å². The largest absolute Gasteiger partial charge is 0.497 e. The van der Waals surface area contributed by atoms with Gasteiger partial charge in [-0.25, -0.2) is 0 Å². The summed E-state index contributed by atoms with van der Waals surface area (Å²) in [4.78, 5) is 30.9. The molecule has 4 aromatic carbocycles. The molecule has 0 bridgehead atoms. The number of rotatable bonds is 7. The van der Waals surface area contributed by atoms with Gasteiger partial charge in [-0.1, -0.05) is 84.4 Å². The Morgan fingerprint density at radius 2 is 1.56 bits per heavy atom. The molecule has 0 N–H and O–H groups in total. The number of ether oxygens (including phenoxy) is 2. The standard InChI is InChI=1S/C32H27ClN2O4/c1-38-26-15-12-22(13-16-26)19-34-28-17-14-25(33)18-27(28)32(24-10-6-3-7-11-24)30(31(37)35(32)20-29(34)36)39-21-23-8-4-2-5-9-23/h2-18,30H,19-21H2,1H3/t30-,32+/m1/s1. The van der Waals surface area contributed by atoms with Crippen LogP contribution in [0.15, 0.2) is 103 Å². The van der Waals surface area contributed by atoms with E-state index in [1.54, 1.807) is 23.0 Å². The number of nitrogens with zero attached hydrogens (tertiary/aromatic N) is 2. The van der Waals surface area contributed by atoms with Gasteiger partial charge in [-0.2, -0.15) is 0 Å². The Hall–Kier alpha value is -4.13. The van der Waals surface area contributed by atoms with Crippen LogP contribution in [-0.4, -0.2) is 36.5 Å². The van der Waals surface area contributed by atoms with E-state index in [0.717, 1.165) is 28.0 Å². The van der Waals surface area contributed by atoms with Crippen molar-refractivity contribution in [3.8, 4) is 5.75 Å². The first-order valence-electron chi connectivity index (χ1n) is 12.8. The lowest BCUT2D eigenvalue weighted by Gasteiger charge is -2.56. The molecule has 2 atom stereocenters. The van der Waals surface area contributed by atoms with Gasteiger partial charge in [0.2, 0.25) is 5.91 Å². The second-order valence-corrected chi connectivity index (χ2v) is 10.2. The molecule has 1 fully saturated rings.